The summed E-state index contributed by atoms with van der Waals surface area (Å²) in [5.41, 5.74) is 1.71. The van der Waals surface area contributed by atoms with Crippen molar-refractivity contribution in [3.8, 4) is 0 Å². The summed E-state index contributed by atoms with van der Waals surface area (Å²) in [4.78, 5) is 22.7. The lowest BCUT2D eigenvalue weighted by Crippen LogP contribution is -2.45. The number of methoxy groups -OCH3 is 1. The number of nitrogens with zero attached hydrogens (tertiary/aromatic N) is 1. The molecule has 1 unspecified atom stereocenters. The fourth-order valence-electron chi connectivity index (χ4n) is 1.63. The first-order chi connectivity index (χ1) is 9.54. The number of aliphatic carboxylic acids is 1. The lowest BCUT2D eigenvalue weighted by molar-refractivity contribution is -0.139. The number of aryl methyl sites for hydroxylation is 1. The molecule has 0 bridgehead atoms. The van der Waals surface area contributed by atoms with Crippen molar-refractivity contribution in [3.63, 3.8) is 0 Å². The Balaban J connectivity index is 2.38. The molecule has 112 valence electrons. The summed E-state index contributed by atoms with van der Waals surface area (Å²) in [6.45, 7) is 2.59. The van der Waals surface area contributed by atoms with E-state index in [1.165, 1.54) is 0 Å². The van der Waals surface area contributed by atoms with Gasteiger partial charge in [-0.05, 0) is 19.8 Å². The summed E-state index contributed by atoms with van der Waals surface area (Å²) in [6.07, 6.45) is 2.50. The Bertz CT molecular complexity index is 446. The molecule has 8 nitrogen and oxygen atoms in total. The molecule has 0 fully saturated rings. The number of nitrogens with one attached hydrogen (secondary N) is 3. The summed E-state index contributed by atoms with van der Waals surface area (Å²) in [5, 5.41) is 20.6. The van der Waals surface area contributed by atoms with Gasteiger partial charge in [-0.1, -0.05) is 0 Å². The first-order valence-corrected chi connectivity index (χ1v) is 6.29. The molecule has 0 aliphatic heterocycles. The second-order valence-electron chi connectivity index (χ2n) is 4.37. The third kappa shape index (κ3) is 5.27. The molecule has 1 heterocycles. The highest BCUT2D eigenvalue weighted by Gasteiger charge is 2.19. The van der Waals surface area contributed by atoms with Crippen LogP contribution in [0.25, 0.3) is 0 Å². The van der Waals surface area contributed by atoms with Gasteiger partial charge in [-0.2, -0.15) is 5.10 Å². The number of carboxylic acid groups (broad SMARTS) is 1. The quantitative estimate of drug-likeness (QED) is 0.515. The van der Waals surface area contributed by atoms with Crippen LogP contribution in [-0.2, 0) is 16.1 Å². The number of urea groups is 1. The van der Waals surface area contributed by atoms with Crippen molar-refractivity contribution in [2.45, 2.75) is 32.4 Å². The van der Waals surface area contributed by atoms with Crippen LogP contribution in [-0.4, -0.2) is 47.1 Å². The Labute approximate surface area is 116 Å². The van der Waals surface area contributed by atoms with Crippen LogP contribution in [0.3, 0.4) is 0 Å². The normalized spacial score (nSPS) is 11.9. The Morgan fingerprint density at radius 1 is 1.55 bits per heavy atom. The number of rotatable bonds is 8. The van der Waals surface area contributed by atoms with Crippen molar-refractivity contribution in [2.75, 3.05) is 13.7 Å². The zero-order valence-electron chi connectivity index (χ0n) is 11.6. The van der Waals surface area contributed by atoms with Crippen LogP contribution >= 0.6 is 0 Å². The second-order valence-corrected chi connectivity index (χ2v) is 4.37. The number of aromatic amines is 1. The van der Waals surface area contributed by atoms with E-state index in [4.69, 9.17) is 9.84 Å². The van der Waals surface area contributed by atoms with Gasteiger partial charge in [-0.15, -0.1) is 0 Å². The van der Waals surface area contributed by atoms with E-state index in [1.807, 2.05) is 6.92 Å². The number of hydrogen-bond donors (Lipinski definition) is 4. The average molecular weight is 284 g/mol. The molecule has 1 aromatic rings. The van der Waals surface area contributed by atoms with Crippen molar-refractivity contribution in [2.24, 2.45) is 0 Å². The van der Waals surface area contributed by atoms with E-state index in [1.54, 1.807) is 13.3 Å². The van der Waals surface area contributed by atoms with Crippen LogP contribution in [0.15, 0.2) is 6.20 Å². The highest BCUT2D eigenvalue weighted by molar-refractivity contribution is 5.82. The summed E-state index contributed by atoms with van der Waals surface area (Å²) >= 11 is 0. The molecule has 0 radical (unpaired) electrons. The van der Waals surface area contributed by atoms with Crippen molar-refractivity contribution >= 4 is 12.0 Å². The number of carbonyl (C=O) groups excluding carboxylic acids is 1. The van der Waals surface area contributed by atoms with Crippen LogP contribution in [0.1, 0.15) is 24.1 Å². The number of carbonyl (C=O) groups is 2. The van der Waals surface area contributed by atoms with Crippen LogP contribution in [0, 0.1) is 6.92 Å². The predicted molar refractivity (Wildman–Crippen MR) is 71.2 cm³/mol. The molecular weight excluding hydrogens is 264 g/mol. The highest BCUT2D eigenvalue weighted by Crippen LogP contribution is 2.02. The Hall–Kier alpha value is -2.09. The second kappa shape index (κ2) is 8.16. The predicted octanol–water partition coefficient (Wildman–Crippen LogP) is 0.397. The summed E-state index contributed by atoms with van der Waals surface area (Å²) in [6, 6.07) is -1.44. The minimum atomic E-state index is -1.06. The van der Waals surface area contributed by atoms with Gasteiger partial charge in [0.05, 0.1) is 6.20 Å². The van der Waals surface area contributed by atoms with Crippen molar-refractivity contribution in [1.29, 1.82) is 0 Å². The standard InChI is InChI=1S/C12H20N4O4/c1-8-9(7-14-16-8)6-13-12(19)15-10(11(17)18)4-3-5-20-2/h7,10H,3-6H2,1-2H3,(H,14,16)(H,17,18)(H2,13,15,19). The molecule has 0 aromatic carbocycles. The lowest BCUT2D eigenvalue weighted by Gasteiger charge is -2.14. The zero-order valence-corrected chi connectivity index (χ0v) is 11.6. The van der Waals surface area contributed by atoms with Gasteiger partial charge in [0.25, 0.3) is 0 Å². The van der Waals surface area contributed by atoms with Gasteiger partial charge in [-0.25, -0.2) is 9.59 Å². The number of H-pyrrole nitrogens is 1. The lowest BCUT2D eigenvalue weighted by atomic mass is 10.1. The number of carboxylic acids is 1. The smallest absolute Gasteiger partial charge is 0.326 e. The molecule has 4 N–H and O–H groups in total. The molecule has 1 atom stereocenters. The molecule has 1 aromatic heterocycles. The van der Waals surface area contributed by atoms with Crippen molar-refractivity contribution in [3.05, 3.63) is 17.5 Å². The Morgan fingerprint density at radius 3 is 2.85 bits per heavy atom. The maximum Gasteiger partial charge on any atom is 0.326 e. The molecule has 2 amide bonds. The topological polar surface area (TPSA) is 116 Å². The Kier molecular flexibility index (Phi) is 6.51. The van der Waals surface area contributed by atoms with Gasteiger partial charge in [0.15, 0.2) is 0 Å². The third-order valence-electron chi connectivity index (χ3n) is 2.82. The van der Waals surface area contributed by atoms with E-state index >= 15 is 0 Å². The van der Waals surface area contributed by atoms with E-state index in [0.29, 0.717) is 26.0 Å². The van der Waals surface area contributed by atoms with E-state index in [2.05, 4.69) is 20.8 Å². The SMILES string of the molecule is COCCCC(NC(=O)NCc1cn[nH]c1C)C(=O)O. The van der Waals surface area contributed by atoms with Crippen LogP contribution in [0.5, 0.6) is 0 Å². The molecule has 0 aliphatic rings. The van der Waals surface area contributed by atoms with Crippen LogP contribution < -0.4 is 10.6 Å². The fourth-order valence-corrected chi connectivity index (χ4v) is 1.63. The molecule has 0 spiro atoms. The molecule has 0 saturated carbocycles. The number of ether oxygens (including phenoxy) is 1. The zero-order chi connectivity index (χ0) is 15.0. The van der Waals surface area contributed by atoms with E-state index in [9.17, 15) is 9.59 Å². The van der Waals surface area contributed by atoms with Gasteiger partial charge >= 0.3 is 12.0 Å². The highest BCUT2D eigenvalue weighted by atomic mass is 16.5. The minimum Gasteiger partial charge on any atom is -0.480 e. The summed E-state index contributed by atoms with van der Waals surface area (Å²) in [7, 11) is 1.54. The van der Waals surface area contributed by atoms with Crippen molar-refractivity contribution in [1.82, 2.24) is 20.8 Å². The Morgan fingerprint density at radius 2 is 2.30 bits per heavy atom. The van der Waals surface area contributed by atoms with Gasteiger partial charge in [-0.3, -0.25) is 5.10 Å². The first-order valence-electron chi connectivity index (χ1n) is 6.29. The van der Waals surface area contributed by atoms with E-state index in [-0.39, 0.29) is 0 Å². The van der Waals surface area contributed by atoms with Gasteiger partial charge in [0.2, 0.25) is 0 Å². The summed E-state index contributed by atoms with van der Waals surface area (Å²) in [5.74, 6) is -1.06. The van der Waals surface area contributed by atoms with Crippen LogP contribution in [0.2, 0.25) is 0 Å². The first kappa shape index (κ1) is 16.0. The largest absolute Gasteiger partial charge is 0.480 e. The average Bonchev–Trinajstić information content (AvgIpc) is 2.81. The molecule has 8 heteroatoms. The minimum absolute atomic E-state index is 0.290. The molecule has 20 heavy (non-hydrogen) atoms. The van der Waals surface area contributed by atoms with Gasteiger partial charge in [0, 0.05) is 31.5 Å². The summed E-state index contributed by atoms with van der Waals surface area (Å²) < 4.78 is 4.85. The third-order valence-corrected chi connectivity index (χ3v) is 2.82. The van der Waals surface area contributed by atoms with E-state index in [0.717, 1.165) is 11.3 Å². The molecule has 1 rings (SSSR count). The van der Waals surface area contributed by atoms with Gasteiger partial charge in [0.1, 0.15) is 6.04 Å². The van der Waals surface area contributed by atoms with E-state index < -0.39 is 18.0 Å². The molecule has 0 saturated heterocycles. The number of aromatic nitrogens is 2. The molecular formula is C12H20N4O4. The maximum absolute atomic E-state index is 11.6. The van der Waals surface area contributed by atoms with Crippen molar-refractivity contribution < 1.29 is 19.4 Å². The monoisotopic (exact) mass is 284 g/mol. The van der Waals surface area contributed by atoms with Gasteiger partial charge < -0.3 is 20.5 Å². The number of hydrogen-bond acceptors (Lipinski definition) is 4. The number of amides is 2. The fraction of sp³-hybridized carbons (Fsp3) is 0.583. The maximum atomic E-state index is 11.6. The molecule has 0 aliphatic carbocycles. The van der Waals surface area contributed by atoms with Crippen LogP contribution in [0.4, 0.5) is 4.79 Å².